The molecule has 1 aliphatic rings. The van der Waals surface area contributed by atoms with Crippen LogP contribution < -0.4 is 10.1 Å². The summed E-state index contributed by atoms with van der Waals surface area (Å²) in [6.45, 7) is 3.75. The number of halogens is 4. The van der Waals surface area contributed by atoms with Crippen molar-refractivity contribution in [3.8, 4) is 39.4 Å². The lowest BCUT2D eigenvalue weighted by Crippen LogP contribution is -2.10. The first kappa shape index (κ1) is 30.4. The smallest absolute Gasteiger partial charge is 0.434 e. The summed E-state index contributed by atoms with van der Waals surface area (Å²) >= 11 is 3.14. The van der Waals surface area contributed by atoms with Crippen LogP contribution in [0.3, 0.4) is 0 Å². The summed E-state index contributed by atoms with van der Waals surface area (Å²) in [5, 5.41) is 13.1. The van der Waals surface area contributed by atoms with Crippen LogP contribution in [0.25, 0.3) is 22.8 Å². The van der Waals surface area contributed by atoms with Crippen LogP contribution in [-0.4, -0.2) is 48.3 Å². The zero-order valence-electron chi connectivity index (χ0n) is 23.7. The molecule has 1 aliphatic carbocycles. The topological polar surface area (TPSA) is 111 Å². The van der Waals surface area contributed by atoms with Gasteiger partial charge in [-0.3, -0.25) is 0 Å². The highest BCUT2D eigenvalue weighted by molar-refractivity contribution is 9.12. The number of aliphatic hydroxyl groups excluding tert-OH is 1. The second-order valence-corrected chi connectivity index (χ2v) is 10.7. The lowest BCUT2D eigenvalue weighted by Gasteiger charge is -2.16. The Morgan fingerprint density at radius 2 is 1.95 bits per heavy atom. The van der Waals surface area contributed by atoms with Crippen LogP contribution in [0.2, 0.25) is 0 Å². The number of nitrogens with one attached hydrogen (secondary N) is 1. The highest BCUT2D eigenvalue weighted by Crippen LogP contribution is 2.45. The van der Waals surface area contributed by atoms with Crippen LogP contribution in [0.15, 0.2) is 36.9 Å². The SMILES string of the molecule is COc1ncnc(C2CC2)c1-c1ncc(C#CBr)c(NCc2ccc(-c3nc(C(F)(F)F)cn3C(C)C)cc2CCO)n1. The molecule has 9 nitrogen and oxygen atoms in total. The first-order valence-corrected chi connectivity index (χ1v) is 14.4. The average Bonchev–Trinajstić information content (AvgIpc) is 3.72. The quantitative estimate of drug-likeness (QED) is 0.196. The maximum absolute atomic E-state index is 13.5. The molecule has 0 saturated heterocycles. The zero-order chi connectivity index (χ0) is 30.7. The summed E-state index contributed by atoms with van der Waals surface area (Å²) < 4.78 is 47.4. The van der Waals surface area contributed by atoms with Crippen LogP contribution in [0.5, 0.6) is 5.88 Å². The van der Waals surface area contributed by atoms with Crippen LogP contribution in [-0.2, 0) is 19.1 Å². The number of alkyl halides is 3. The molecule has 0 atom stereocenters. The van der Waals surface area contributed by atoms with Crippen LogP contribution >= 0.6 is 15.9 Å². The van der Waals surface area contributed by atoms with Gasteiger partial charge in [0, 0.05) is 59.0 Å². The van der Waals surface area contributed by atoms with Gasteiger partial charge in [-0.1, -0.05) is 12.1 Å². The predicted molar refractivity (Wildman–Crippen MR) is 159 cm³/mol. The molecule has 3 aromatic heterocycles. The minimum atomic E-state index is -4.56. The third kappa shape index (κ3) is 6.65. The van der Waals surface area contributed by atoms with Gasteiger partial charge in [-0.2, -0.15) is 13.2 Å². The highest BCUT2D eigenvalue weighted by atomic mass is 79.9. The monoisotopic (exact) mass is 655 g/mol. The molecular weight excluding hydrogens is 627 g/mol. The molecule has 13 heteroatoms. The summed E-state index contributed by atoms with van der Waals surface area (Å²) in [6, 6.07) is 5.08. The normalized spacial score (nSPS) is 13.1. The predicted octanol–water partition coefficient (Wildman–Crippen LogP) is 6.13. The number of ether oxygens (including phenoxy) is 1. The Bertz CT molecular complexity index is 1690. The molecule has 0 radical (unpaired) electrons. The van der Waals surface area contributed by atoms with E-state index in [1.807, 2.05) is 6.07 Å². The number of anilines is 1. The number of benzene rings is 1. The van der Waals surface area contributed by atoms with Gasteiger partial charge in [0.15, 0.2) is 11.5 Å². The summed E-state index contributed by atoms with van der Waals surface area (Å²) in [7, 11) is 1.54. The molecule has 0 aliphatic heterocycles. The number of hydrogen-bond donors (Lipinski definition) is 2. The Hall–Kier alpha value is -4.02. The number of nitrogens with zero attached hydrogens (tertiary/aromatic N) is 6. The van der Waals surface area contributed by atoms with Crippen molar-refractivity contribution in [3.63, 3.8) is 0 Å². The number of methoxy groups -OCH3 is 1. The van der Waals surface area contributed by atoms with E-state index in [1.54, 1.807) is 32.2 Å². The second-order valence-electron chi connectivity index (χ2n) is 10.4. The van der Waals surface area contributed by atoms with E-state index < -0.39 is 11.9 Å². The Balaban J connectivity index is 1.49. The van der Waals surface area contributed by atoms with Gasteiger partial charge >= 0.3 is 6.18 Å². The van der Waals surface area contributed by atoms with Crippen LogP contribution in [0.1, 0.15) is 66.7 Å². The molecule has 0 bridgehead atoms. The van der Waals surface area contributed by atoms with Gasteiger partial charge in [0.2, 0.25) is 5.88 Å². The molecule has 1 saturated carbocycles. The van der Waals surface area contributed by atoms with Gasteiger partial charge in [-0.15, -0.1) is 0 Å². The molecule has 224 valence electrons. The van der Waals surface area contributed by atoms with Gasteiger partial charge in [-0.25, -0.2) is 24.9 Å². The van der Waals surface area contributed by atoms with E-state index in [2.05, 4.69) is 51.9 Å². The Morgan fingerprint density at radius 1 is 1.16 bits per heavy atom. The summed E-state index contributed by atoms with van der Waals surface area (Å²) in [5.74, 6) is 4.70. The molecular formula is C30H29BrF3N7O2. The number of aromatic nitrogens is 6. The van der Waals surface area contributed by atoms with Crippen LogP contribution in [0.4, 0.5) is 19.0 Å². The molecule has 43 heavy (non-hydrogen) atoms. The lowest BCUT2D eigenvalue weighted by atomic mass is 10.0. The van der Waals surface area contributed by atoms with Crippen molar-refractivity contribution in [1.29, 1.82) is 0 Å². The number of hydrogen-bond acceptors (Lipinski definition) is 8. The van der Waals surface area contributed by atoms with Crippen molar-refractivity contribution in [2.45, 2.75) is 57.8 Å². The number of rotatable bonds is 10. The zero-order valence-corrected chi connectivity index (χ0v) is 25.3. The van der Waals surface area contributed by atoms with E-state index in [1.165, 1.54) is 18.0 Å². The fraction of sp³-hybridized carbons (Fsp3) is 0.367. The number of aliphatic hydroxyl groups is 1. The fourth-order valence-corrected chi connectivity index (χ4v) is 5.01. The standard InChI is InChI=1S/C30H29BrF3N7O2/c1-17(2)41-15-23(30(32,33)34)39-28(41)20-6-7-21(19(12-20)9-11-42)13-35-26-22(8-10-31)14-36-27(40-26)24-25(18-4-5-18)37-16-38-29(24)43-3/h6-7,12,14-18,42H,4-5,9,11,13H2,1-3H3,(H,35,36,40). The summed E-state index contributed by atoms with van der Waals surface area (Å²) in [4.78, 5) is 24.7. The van der Waals surface area contributed by atoms with E-state index in [0.717, 1.165) is 35.9 Å². The van der Waals surface area contributed by atoms with E-state index in [-0.39, 0.29) is 18.5 Å². The molecule has 2 N–H and O–H groups in total. The van der Waals surface area contributed by atoms with Crippen molar-refractivity contribution in [2.75, 3.05) is 19.0 Å². The minimum absolute atomic E-state index is 0.140. The Labute approximate surface area is 255 Å². The molecule has 0 unspecified atom stereocenters. The maximum Gasteiger partial charge on any atom is 0.434 e. The van der Waals surface area contributed by atoms with Crippen molar-refractivity contribution in [1.82, 2.24) is 29.5 Å². The molecule has 0 spiro atoms. The van der Waals surface area contributed by atoms with Crippen molar-refractivity contribution in [2.24, 2.45) is 0 Å². The Morgan fingerprint density at radius 3 is 2.60 bits per heavy atom. The van der Waals surface area contributed by atoms with E-state index in [9.17, 15) is 18.3 Å². The third-order valence-corrected chi connectivity index (χ3v) is 7.26. The maximum atomic E-state index is 13.5. The van der Waals surface area contributed by atoms with Gasteiger partial charge < -0.3 is 19.7 Å². The fourth-order valence-electron chi connectivity index (χ4n) is 4.80. The summed E-state index contributed by atoms with van der Waals surface area (Å²) in [5.41, 5.74) is 3.18. The van der Waals surface area contributed by atoms with Crippen molar-refractivity contribution in [3.05, 3.63) is 65.0 Å². The lowest BCUT2D eigenvalue weighted by molar-refractivity contribution is -0.140. The molecule has 4 aromatic rings. The highest BCUT2D eigenvalue weighted by Gasteiger charge is 2.35. The first-order valence-electron chi connectivity index (χ1n) is 13.7. The van der Waals surface area contributed by atoms with E-state index >= 15 is 0 Å². The van der Waals surface area contributed by atoms with Gasteiger partial charge in [0.05, 0.1) is 18.4 Å². The van der Waals surface area contributed by atoms with Crippen LogP contribution in [0, 0.1) is 10.8 Å². The van der Waals surface area contributed by atoms with Crippen molar-refractivity contribution >= 4 is 21.7 Å². The minimum Gasteiger partial charge on any atom is -0.480 e. The molecule has 5 rings (SSSR count). The molecule has 3 heterocycles. The molecule has 1 aromatic carbocycles. The Kier molecular flexibility index (Phi) is 8.98. The second kappa shape index (κ2) is 12.7. The molecule has 1 fully saturated rings. The van der Waals surface area contributed by atoms with Gasteiger partial charge in [-0.05, 0) is 61.1 Å². The van der Waals surface area contributed by atoms with Gasteiger partial charge in [0.1, 0.15) is 23.5 Å². The summed E-state index contributed by atoms with van der Waals surface area (Å²) in [6.07, 6.45) is 1.89. The molecule has 0 amide bonds. The van der Waals surface area contributed by atoms with Crippen molar-refractivity contribution < 1.29 is 23.0 Å². The third-order valence-electron chi connectivity index (χ3n) is 7.06. The average molecular weight is 657 g/mol. The van der Waals surface area contributed by atoms with E-state index in [4.69, 9.17) is 9.72 Å². The number of imidazole rings is 1. The van der Waals surface area contributed by atoms with Gasteiger partial charge in [0.25, 0.3) is 0 Å². The first-order chi connectivity index (χ1) is 20.6. The largest absolute Gasteiger partial charge is 0.480 e. The van der Waals surface area contributed by atoms with E-state index in [0.29, 0.717) is 53.1 Å².